The zero-order valence-electron chi connectivity index (χ0n) is 14.1. The number of halogens is 1. The first-order valence-electron chi connectivity index (χ1n) is 7.93. The van der Waals surface area contributed by atoms with Crippen LogP contribution >= 0.6 is 22.6 Å². The molecule has 0 aliphatic heterocycles. The van der Waals surface area contributed by atoms with Gasteiger partial charge in [-0.3, -0.25) is 4.79 Å². The van der Waals surface area contributed by atoms with Crippen molar-refractivity contribution in [1.29, 1.82) is 0 Å². The molecule has 0 aliphatic carbocycles. The fraction of sp³-hybridized carbons (Fsp3) is 0.263. The third kappa shape index (κ3) is 5.06. The quantitative estimate of drug-likeness (QED) is 0.403. The number of amides is 1. The van der Waals surface area contributed by atoms with E-state index in [1.807, 2.05) is 63.2 Å². The van der Waals surface area contributed by atoms with Gasteiger partial charge in [-0.1, -0.05) is 37.3 Å². The predicted octanol–water partition coefficient (Wildman–Crippen LogP) is 4.33. The minimum absolute atomic E-state index is 0.134. The van der Waals surface area contributed by atoms with Crippen molar-refractivity contribution in [3.05, 3.63) is 63.2 Å². The van der Waals surface area contributed by atoms with Crippen molar-refractivity contribution in [1.82, 2.24) is 5.43 Å². The van der Waals surface area contributed by atoms with Crippen LogP contribution in [-0.4, -0.2) is 17.7 Å². The Bertz CT molecular complexity index is 729. The lowest BCUT2D eigenvalue weighted by Crippen LogP contribution is -2.37. The van der Waals surface area contributed by atoms with Crippen molar-refractivity contribution >= 4 is 39.9 Å². The second-order valence-corrected chi connectivity index (χ2v) is 6.85. The molecular formula is C19H22IN3O. The molecule has 24 heavy (non-hydrogen) atoms. The minimum atomic E-state index is -0.323. The van der Waals surface area contributed by atoms with Crippen LogP contribution in [0.1, 0.15) is 31.4 Å². The molecule has 0 heterocycles. The van der Waals surface area contributed by atoms with E-state index < -0.39 is 0 Å². The molecule has 2 rings (SSSR count). The number of anilines is 1. The highest BCUT2D eigenvalue weighted by Gasteiger charge is 2.16. The summed E-state index contributed by atoms with van der Waals surface area (Å²) < 4.78 is 1.18. The monoisotopic (exact) mass is 435 g/mol. The molecule has 0 radical (unpaired) electrons. The molecule has 1 atom stereocenters. The third-order valence-electron chi connectivity index (χ3n) is 3.77. The fourth-order valence-corrected chi connectivity index (χ4v) is 2.94. The standard InChI is InChI=1S/C19H22IN3O/c1-4-17(21-18-11-10-16(20)12-13(18)2)19(24)23-22-14(3)15-8-6-5-7-9-15/h5-12,17,21H,4H2,1-3H3,(H,23,24)/b22-14+/t17-/m1/s1. The highest BCUT2D eigenvalue weighted by molar-refractivity contribution is 14.1. The fourth-order valence-electron chi connectivity index (χ4n) is 2.29. The Balaban J connectivity index is 2.03. The molecular weight excluding hydrogens is 413 g/mol. The van der Waals surface area contributed by atoms with Crippen LogP contribution in [0.3, 0.4) is 0 Å². The van der Waals surface area contributed by atoms with E-state index in [1.165, 1.54) is 3.57 Å². The molecule has 0 aromatic heterocycles. The second-order valence-electron chi connectivity index (χ2n) is 5.60. The third-order valence-corrected chi connectivity index (χ3v) is 4.44. The van der Waals surface area contributed by atoms with E-state index in [2.05, 4.69) is 44.5 Å². The Kier molecular flexibility index (Phi) is 6.78. The second kappa shape index (κ2) is 8.82. The van der Waals surface area contributed by atoms with Crippen LogP contribution in [0, 0.1) is 10.5 Å². The normalized spacial score (nSPS) is 12.6. The Labute approximate surface area is 156 Å². The number of aryl methyl sites for hydroxylation is 1. The molecule has 1 amide bonds. The molecule has 4 nitrogen and oxygen atoms in total. The molecule has 2 aromatic carbocycles. The van der Waals surface area contributed by atoms with Gasteiger partial charge in [-0.05, 0) is 72.2 Å². The van der Waals surface area contributed by atoms with Crippen molar-refractivity contribution in [2.24, 2.45) is 5.10 Å². The summed E-state index contributed by atoms with van der Waals surface area (Å²) in [6.07, 6.45) is 0.678. The summed E-state index contributed by atoms with van der Waals surface area (Å²) in [4.78, 5) is 12.4. The van der Waals surface area contributed by atoms with Crippen LogP contribution in [0.2, 0.25) is 0 Å². The summed E-state index contributed by atoms with van der Waals surface area (Å²) in [7, 11) is 0. The van der Waals surface area contributed by atoms with E-state index in [0.29, 0.717) is 6.42 Å². The van der Waals surface area contributed by atoms with E-state index in [4.69, 9.17) is 0 Å². The number of nitrogens with zero attached hydrogens (tertiary/aromatic N) is 1. The highest BCUT2D eigenvalue weighted by Crippen LogP contribution is 2.19. The number of hydrazone groups is 1. The Morgan fingerprint density at radius 2 is 1.92 bits per heavy atom. The Morgan fingerprint density at radius 1 is 1.21 bits per heavy atom. The van der Waals surface area contributed by atoms with Crippen molar-refractivity contribution < 1.29 is 4.79 Å². The van der Waals surface area contributed by atoms with Crippen LogP contribution in [0.5, 0.6) is 0 Å². The van der Waals surface area contributed by atoms with E-state index >= 15 is 0 Å². The molecule has 126 valence electrons. The molecule has 0 saturated carbocycles. The highest BCUT2D eigenvalue weighted by atomic mass is 127. The first-order chi connectivity index (χ1) is 11.5. The number of benzene rings is 2. The molecule has 0 aliphatic rings. The SMILES string of the molecule is CC[C@@H](Nc1ccc(I)cc1C)C(=O)N/N=C(\C)c1ccccc1. The van der Waals surface area contributed by atoms with E-state index in [0.717, 1.165) is 22.5 Å². The molecule has 5 heteroatoms. The maximum absolute atomic E-state index is 12.4. The lowest BCUT2D eigenvalue weighted by atomic mass is 10.1. The number of hydrogen-bond acceptors (Lipinski definition) is 3. The predicted molar refractivity (Wildman–Crippen MR) is 108 cm³/mol. The lowest BCUT2D eigenvalue weighted by Gasteiger charge is -2.18. The lowest BCUT2D eigenvalue weighted by molar-refractivity contribution is -0.121. The van der Waals surface area contributed by atoms with Crippen molar-refractivity contribution in [3.8, 4) is 0 Å². The first kappa shape index (κ1) is 18.4. The van der Waals surface area contributed by atoms with Crippen LogP contribution in [0.25, 0.3) is 0 Å². The summed E-state index contributed by atoms with van der Waals surface area (Å²) in [5.74, 6) is -0.134. The van der Waals surface area contributed by atoms with Gasteiger partial charge in [0.05, 0.1) is 5.71 Å². The molecule has 0 saturated heterocycles. The van der Waals surface area contributed by atoms with E-state index in [9.17, 15) is 4.79 Å². The summed E-state index contributed by atoms with van der Waals surface area (Å²) in [6, 6.07) is 15.6. The van der Waals surface area contributed by atoms with Gasteiger partial charge in [0.1, 0.15) is 6.04 Å². The average Bonchev–Trinajstić information content (AvgIpc) is 2.59. The van der Waals surface area contributed by atoms with Crippen molar-refractivity contribution in [2.45, 2.75) is 33.2 Å². The molecule has 0 spiro atoms. The minimum Gasteiger partial charge on any atom is -0.373 e. The number of carbonyl (C=O) groups excluding carboxylic acids is 1. The van der Waals surface area contributed by atoms with Crippen molar-refractivity contribution in [3.63, 3.8) is 0 Å². The average molecular weight is 435 g/mol. The van der Waals surface area contributed by atoms with Gasteiger partial charge < -0.3 is 5.32 Å². The Hall–Kier alpha value is -1.89. The number of nitrogens with one attached hydrogen (secondary N) is 2. The van der Waals surface area contributed by atoms with Gasteiger partial charge >= 0.3 is 0 Å². The largest absolute Gasteiger partial charge is 0.373 e. The van der Waals surface area contributed by atoms with Gasteiger partial charge in [-0.2, -0.15) is 5.10 Å². The van der Waals surface area contributed by atoms with Gasteiger partial charge in [0.25, 0.3) is 5.91 Å². The number of carbonyl (C=O) groups is 1. The molecule has 0 unspecified atom stereocenters. The molecule has 0 bridgehead atoms. The van der Waals surface area contributed by atoms with Gasteiger partial charge in [0.15, 0.2) is 0 Å². The van der Waals surface area contributed by atoms with E-state index in [1.54, 1.807) is 0 Å². The summed E-state index contributed by atoms with van der Waals surface area (Å²) in [6.45, 7) is 5.90. The topological polar surface area (TPSA) is 53.5 Å². The van der Waals surface area contributed by atoms with Gasteiger partial charge in [0.2, 0.25) is 0 Å². The van der Waals surface area contributed by atoms with Crippen LogP contribution in [0.4, 0.5) is 5.69 Å². The van der Waals surface area contributed by atoms with E-state index in [-0.39, 0.29) is 11.9 Å². The molecule has 2 N–H and O–H groups in total. The summed E-state index contributed by atoms with van der Waals surface area (Å²) in [5.41, 5.74) is 6.54. The smallest absolute Gasteiger partial charge is 0.262 e. The van der Waals surface area contributed by atoms with Crippen molar-refractivity contribution in [2.75, 3.05) is 5.32 Å². The maximum atomic E-state index is 12.4. The number of hydrogen-bond donors (Lipinski definition) is 2. The van der Waals surface area contributed by atoms with Crippen LogP contribution in [0.15, 0.2) is 53.6 Å². The van der Waals surface area contributed by atoms with Gasteiger partial charge in [-0.15, -0.1) is 0 Å². The van der Waals surface area contributed by atoms with Crippen LogP contribution < -0.4 is 10.7 Å². The van der Waals surface area contributed by atoms with Crippen LogP contribution in [-0.2, 0) is 4.79 Å². The molecule has 2 aromatic rings. The number of rotatable bonds is 6. The zero-order chi connectivity index (χ0) is 17.5. The van der Waals surface area contributed by atoms with Gasteiger partial charge in [0, 0.05) is 9.26 Å². The first-order valence-corrected chi connectivity index (χ1v) is 9.01. The molecule has 0 fully saturated rings. The summed E-state index contributed by atoms with van der Waals surface area (Å²) >= 11 is 2.28. The zero-order valence-corrected chi connectivity index (χ0v) is 16.3. The maximum Gasteiger partial charge on any atom is 0.262 e. The Morgan fingerprint density at radius 3 is 2.54 bits per heavy atom. The summed E-state index contributed by atoms with van der Waals surface area (Å²) in [5, 5.41) is 7.52. The van der Waals surface area contributed by atoms with Gasteiger partial charge in [-0.25, -0.2) is 5.43 Å².